The summed E-state index contributed by atoms with van der Waals surface area (Å²) in [5.41, 5.74) is 4.32. The summed E-state index contributed by atoms with van der Waals surface area (Å²) in [6.45, 7) is 8.32. The fourth-order valence-electron chi connectivity index (χ4n) is 5.31. The Morgan fingerprint density at radius 2 is 0.878 bits per heavy atom. The molecule has 0 atom stereocenters. The molecule has 0 radical (unpaired) electrons. The Kier molecular flexibility index (Phi) is 13.8. The molecule has 4 aromatic carbocycles. The minimum absolute atomic E-state index is 0. The predicted molar refractivity (Wildman–Crippen MR) is 166 cm³/mol. The molecule has 0 aliphatic heterocycles. The molecule has 0 saturated heterocycles. The molecular formula is C32H38CaO6S2. The molecular weight excluding hydrogens is 585 g/mol. The zero-order chi connectivity index (χ0) is 29.5. The number of hydrogen-bond acceptors (Lipinski definition) is 6. The van der Waals surface area contributed by atoms with Gasteiger partial charge in [-0.1, -0.05) is 102 Å². The summed E-state index contributed by atoms with van der Waals surface area (Å²) in [6, 6.07) is 17.9. The van der Waals surface area contributed by atoms with Gasteiger partial charge in [-0.05, 0) is 70.8 Å². The van der Waals surface area contributed by atoms with Gasteiger partial charge in [0.05, 0.1) is 9.79 Å². The van der Waals surface area contributed by atoms with Gasteiger partial charge >= 0.3 is 37.7 Å². The van der Waals surface area contributed by atoms with Crippen LogP contribution in [0.2, 0.25) is 0 Å². The van der Waals surface area contributed by atoms with Gasteiger partial charge in [-0.15, -0.1) is 0 Å². The summed E-state index contributed by atoms with van der Waals surface area (Å²) in [5, 5.41) is 2.89. The van der Waals surface area contributed by atoms with E-state index in [2.05, 4.69) is 13.8 Å². The quantitative estimate of drug-likeness (QED) is 0.140. The molecule has 0 spiro atoms. The summed E-state index contributed by atoms with van der Waals surface area (Å²) in [5.74, 6) is 0. The number of rotatable bonds is 10. The first-order chi connectivity index (χ1) is 18.9. The van der Waals surface area contributed by atoms with Crippen molar-refractivity contribution in [2.24, 2.45) is 0 Å². The first kappa shape index (κ1) is 35.7. The molecule has 0 aromatic heterocycles. The molecule has 0 heterocycles. The summed E-state index contributed by atoms with van der Waals surface area (Å²) in [7, 11) is -8.89. The van der Waals surface area contributed by atoms with Crippen LogP contribution in [0.1, 0.15) is 75.6 Å². The first-order valence-electron chi connectivity index (χ1n) is 13.9. The summed E-state index contributed by atoms with van der Waals surface area (Å²) in [6.07, 6.45) is 7.38. The van der Waals surface area contributed by atoms with E-state index in [1.165, 1.54) is 23.3 Å². The van der Waals surface area contributed by atoms with Crippen molar-refractivity contribution in [3.8, 4) is 0 Å². The standard InChI is InChI=1S/2C16H20O3S.Ca/c2*1-3-6-12-10-13(7-4-2)16-14(11-12)8-5-9-15(16)20(17,18)19;/h2*5,8-11H,3-4,6-7H2,1-2H3,(H,17,18,19);/q;;+2/p-2. The van der Waals surface area contributed by atoms with Crippen molar-refractivity contribution < 1.29 is 25.9 Å². The van der Waals surface area contributed by atoms with Crippen LogP contribution in [-0.2, 0) is 45.9 Å². The Hall–Kier alpha value is -1.52. The predicted octanol–water partition coefficient (Wildman–Crippen LogP) is 6.92. The molecule has 4 aromatic rings. The molecule has 0 aliphatic rings. The summed E-state index contributed by atoms with van der Waals surface area (Å²) >= 11 is 0. The zero-order valence-electron chi connectivity index (χ0n) is 24.4. The molecule has 41 heavy (non-hydrogen) atoms. The second kappa shape index (κ2) is 15.8. The smallest absolute Gasteiger partial charge is 0.744 e. The third kappa shape index (κ3) is 9.23. The van der Waals surface area contributed by atoms with Crippen molar-refractivity contribution in [2.45, 2.75) is 88.9 Å². The van der Waals surface area contributed by atoms with E-state index in [-0.39, 0.29) is 47.5 Å². The molecule has 0 bridgehead atoms. The average molecular weight is 623 g/mol. The van der Waals surface area contributed by atoms with Gasteiger partial charge in [-0.3, -0.25) is 0 Å². The fourth-order valence-corrected chi connectivity index (χ4v) is 6.80. The van der Waals surface area contributed by atoms with Crippen molar-refractivity contribution in [1.82, 2.24) is 0 Å². The molecule has 9 heteroatoms. The van der Waals surface area contributed by atoms with E-state index in [1.54, 1.807) is 12.1 Å². The van der Waals surface area contributed by atoms with Crippen LogP contribution in [0.3, 0.4) is 0 Å². The van der Waals surface area contributed by atoms with Gasteiger partial charge in [-0.2, -0.15) is 0 Å². The third-order valence-corrected chi connectivity index (χ3v) is 8.57. The van der Waals surface area contributed by atoms with Crippen molar-refractivity contribution in [1.29, 1.82) is 0 Å². The molecule has 0 saturated carbocycles. The summed E-state index contributed by atoms with van der Waals surface area (Å²) in [4.78, 5) is -0.192. The second-order valence-electron chi connectivity index (χ2n) is 10.1. The average Bonchev–Trinajstić information content (AvgIpc) is 2.88. The van der Waals surface area contributed by atoms with Crippen molar-refractivity contribution in [3.63, 3.8) is 0 Å². The van der Waals surface area contributed by atoms with Gasteiger partial charge in [0.15, 0.2) is 0 Å². The van der Waals surface area contributed by atoms with Crippen LogP contribution in [0.4, 0.5) is 0 Å². The second-order valence-corrected chi connectivity index (χ2v) is 12.8. The van der Waals surface area contributed by atoms with E-state index in [4.69, 9.17) is 0 Å². The Balaban J connectivity index is 0.000000280. The summed E-state index contributed by atoms with van der Waals surface area (Å²) < 4.78 is 68.8. The molecule has 0 fully saturated rings. The van der Waals surface area contributed by atoms with Crippen LogP contribution in [0.25, 0.3) is 21.5 Å². The fraction of sp³-hybridized carbons (Fsp3) is 0.375. The largest absolute Gasteiger partial charge is 2.00 e. The maximum Gasteiger partial charge on any atom is 2.00 e. The Morgan fingerprint density at radius 1 is 0.537 bits per heavy atom. The Bertz CT molecular complexity index is 1570. The Labute approximate surface area is 275 Å². The van der Waals surface area contributed by atoms with Crippen molar-refractivity contribution in [2.75, 3.05) is 0 Å². The van der Waals surface area contributed by atoms with Crippen LogP contribution < -0.4 is 0 Å². The van der Waals surface area contributed by atoms with E-state index in [9.17, 15) is 25.9 Å². The van der Waals surface area contributed by atoms with Gasteiger partial charge in [0.2, 0.25) is 0 Å². The van der Waals surface area contributed by atoms with Crippen LogP contribution in [0, 0.1) is 0 Å². The van der Waals surface area contributed by atoms with Gasteiger partial charge in [-0.25, -0.2) is 16.8 Å². The molecule has 4 rings (SSSR count). The molecule has 216 valence electrons. The van der Waals surface area contributed by atoms with Gasteiger partial charge < -0.3 is 9.11 Å². The van der Waals surface area contributed by atoms with E-state index < -0.39 is 20.2 Å². The van der Waals surface area contributed by atoms with E-state index in [1.807, 2.05) is 50.2 Å². The van der Waals surface area contributed by atoms with E-state index in [0.717, 1.165) is 73.3 Å². The number of hydrogen-bond donors (Lipinski definition) is 0. The maximum atomic E-state index is 11.5. The van der Waals surface area contributed by atoms with Gasteiger partial charge in [0.25, 0.3) is 0 Å². The molecule has 0 unspecified atom stereocenters. The van der Waals surface area contributed by atoms with Crippen LogP contribution >= 0.6 is 0 Å². The number of fused-ring (bicyclic) bond motifs is 2. The van der Waals surface area contributed by atoms with E-state index >= 15 is 0 Å². The topological polar surface area (TPSA) is 114 Å². The normalized spacial score (nSPS) is 11.7. The zero-order valence-corrected chi connectivity index (χ0v) is 28.2. The number of aryl methyl sites for hydroxylation is 4. The number of benzene rings is 4. The molecule has 6 nitrogen and oxygen atoms in total. The molecule has 0 aliphatic carbocycles. The SMILES string of the molecule is CCCc1cc(CCC)c2c(S(=O)(=O)[O-])cccc2c1.CCCc1cc(CCC)c2c(S(=O)(=O)[O-])cccc2c1.[Ca+2]. The third-order valence-electron chi connectivity index (χ3n) is 6.81. The van der Waals surface area contributed by atoms with Crippen LogP contribution in [-0.4, -0.2) is 63.7 Å². The van der Waals surface area contributed by atoms with E-state index in [0.29, 0.717) is 10.8 Å². The van der Waals surface area contributed by atoms with Crippen LogP contribution in [0.5, 0.6) is 0 Å². The Morgan fingerprint density at radius 3 is 1.17 bits per heavy atom. The molecule has 0 amide bonds. The first-order valence-corrected chi connectivity index (χ1v) is 16.8. The van der Waals surface area contributed by atoms with Crippen molar-refractivity contribution in [3.05, 3.63) is 82.9 Å². The monoisotopic (exact) mass is 622 g/mol. The minimum atomic E-state index is -4.45. The maximum absolute atomic E-state index is 11.5. The van der Waals surface area contributed by atoms with Gasteiger partial charge in [0.1, 0.15) is 20.2 Å². The molecule has 0 N–H and O–H groups in total. The van der Waals surface area contributed by atoms with Crippen molar-refractivity contribution >= 4 is 79.5 Å². The minimum Gasteiger partial charge on any atom is -0.744 e. The van der Waals surface area contributed by atoms with Crippen LogP contribution in [0.15, 0.2) is 70.5 Å². The van der Waals surface area contributed by atoms with Gasteiger partial charge in [0, 0.05) is 10.8 Å².